The van der Waals surface area contributed by atoms with Crippen molar-refractivity contribution in [3.8, 4) is 0 Å². The van der Waals surface area contributed by atoms with Gasteiger partial charge in [0.2, 0.25) is 0 Å². The summed E-state index contributed by atoms with van der Waals surface area (Å²) < 4.78 is 0. The highest BCUT2D eigenvalue weighted by molar-refractivity contribution is 6.34. The fourth-order valence-corrected chi connectivity index (χ4v) is 1.60. The summed E-state index contributed by atoms with van der Waals surface area (Å²) in [6.45, 7) is 7.08. The molecule has 0 spiro atoms. The van der Waals surface area contributed by atoms with Crippen LogP contribution in [0, 0.1) is 5.41 Å². The average Bonchev–Trinajstić information content (AvgIpc) is 2.26. The average molecular weight is 256 g/mol. The van der Waals surface area contributed by atoms with Crippen LogP contribution in [0.1, 0.15) is 37.6 Å². The summed E-state index contributed by atoms with van der Waals surface area (Å²) in [6.07, 6.45) is 1.02. The highest BCUT2D eigenvalue weighted by Crippen LogP contribution is 2.26. The first-order valence-electron chi connectivity index (χ1n) is 5.63. The molecule has 0 aliphatic carbocycles. The number of hydrogen-bond donors (Lipinski definition) is 2. The number of aromatic carboxylic acids is 1. The third-order valence-electron chi connectivity index (χ3n) is 2.94. The van der Waals surface area contributed by atoms with Crippen molar-refractivity contribution in [3.63, 3.8) is 0 Å². The third-order valence-corrected chi connectivity index (χ3v) is 3.26. The van der Waals surface area contributed by atoms with Gasteiger partial charge in [0.25, 0.3) is 0 Å². The number of nitrogens with one attached hydrogen (secondary N) is 1. The van der Waals surface area contributed by atoms with Gasteiger partial charge in [-0.15, -0.1) is 0 Å². The Labute approximate surface area is 107 Å². The van der Waals surface area contributed by atoms with Gasteiger partial charge in [0.15, 0.2) is 0 Å². The molecule has 1 aromatic carbocycles. The number of halogens is 1. The Morgan fingerprint density at radius 2 is 2.12 bits per heavy atom. The lowest BCUT2D eigenvalue weighted by Gasteiger charge is -2.24. The van der Waals surface area contributed by atoms with Crippen LogP contribution in [0.5, 0.6) is 0 Å². The lowest BCUT2D eigenvalue weighted by atomic mass is 9.90. The van der Waals surface area contributed by atoms with E-state index in [1.807, 2.05) is 0 Å². The monoisotopic (exact) mass is 255 g/mol. The maximum Gasteiger partial charge on any atom is 0.339 e. The summed E-state index contributed by atoms with van der Waals surface area (Å²) in [6, 6.07) is 5.07. The van der Waals surface area contributed by atoms with Crippen molar-refractivity contribution in [2.24, 2.45) is 5.41 Å². The molecule has 0 aliphatic heterocycles. The Hall–Kier alpha value is -1.22. The van der Waals surface area contributed by atoms with E-state index >= 15 is 0 Å². The molecule has 3 nitrogen and oxygen atoms in total. The molecule has 2 N–H and O–H groups in total. The van der Waals surface area contributed by atoms with Gasteiger partial charge in [-0.25, -0.2) is 4.79 Å². The number of rotatable bonds is 5. The van der Waals surface area contributed by atoms with Gasteiger partial charge < -0.3 is 10.4 Å². The van der Waals surface area contributed by atoms with Crippen LogP contribution in [0.4, 0.5) is 5.69 Å². The second kappa shape index (κ2) is 5.41. The van der Waals surface area contributed by atoms with Crippen LogP contribution in [0.2, 0.25) is 5.02 Å². The SMILES string of the molecule is CCC(C)(C)CNc1cccc(Cl)c1C(=O)O. The molecule has 0 aromatic heterocycles. The van der Waals surface area contributed by atoms with Gasteiger partial charge in [0.1, 0.15) is 5.56 Å². The van der Waals surface area contributed by atoms with Crippen molar-refractivity contribution in [1.82, 2.24) is 0 Å². The van der Waals surface area contributed by atoms with E-state index in [1.165, 1.54) is 0 Å². The third kappa shape index (κ3) is 3.63. The Bertz CT molecular complexity index is 416. The molecule has 0 bridgehead atoms. The topological polar surface area (TPSA) is 49.3 Å². The summed E-state index contributed by atoms with van der Waals surface area (Å²) >= 11 is 5.89. The number of hydrogen-bond acceptors (Lipinski definition) is 2. The van der Waals surface area contributed by atoms with Crippen molar-refractivity contribution in [1.29, 1.82) is 0 Å². The second-order valence-corrected chi connectivity index (χ2v) is 5.25. The van der Waals surface area contributed by atoms with E-state index in [4.69, 9.17) is 16.7 Å². The number of carboxylic acid groups (broad SMARTS) is 1. The predicted molar refractivity (Wildman–Crippen MR) is 71.0 cm³/mol. The van der Waals surface area contributed by atoms with Crippen molar-refractivity contribution < 1.29 is 9.90 Å². The molecule has 0 fully saturated rings. The van der Waals surface area contributed by atoms with Crippen LogP contribution in [0.25, 0.3) is 0 Å². The number of carboxylic acids is 1. The smallest absolute Gasteiger partial charge is 0.339 e. The Balaban J connectivity index is 2.92. The van der Waals surface area contributed by atoms with Gasteiger partial charge in [-0.2, -0.15) is 0 Å². The van der Waals surface area contributed by atoms with Crippen molar-refractivity contribution in [3.05, 3.63) is 28.8 Å². The minimum Gasteiger partial charge on any atom is -0.478 e. The molecule has 1 aromatic rings. The van der Waals surface area contributed by atoms with Crippen LogP contribution in [0.15, 0.2) is 18.2 Å². The molecule has 0 heterocycles. The van der Waals surface area contributed by atoms with Crippen LogP contribution >= 0.6 is 11.6 Å². The number of benzene rings is 1. The van der Waals surface area contributed by atoms with Gasteiger partial charge in [-0.3, -0.25) is 0 Å². The van der Waals surface area contributed by atoms with E-state index < -0.39 is 5.97 Å². The van der Waals surface area contributed by atoms with Crippen LogP contribution in [0.3, 0.4) is 0 Å². The summed E-state index contributed by atoms with van der Waals surface area (Å²) in [5, 5.41) is 12.5. The van der Waals surface area contributed by atoms with E-state index in [2.05, 4.69) is 26.1 Å². The summed E-state index contributed by atoms with van der Waals surface area (Å²) in [5.74, 6) is -1.01. The lowest BCUT2D eigenvalue weighted by molar-refractivity contribution is 0.0698. The van der Waals surface area contributed by atoms with E-state index in [9.17, 15) is 4.79 Å². The van der Waals surface area contributed by atoms with Gasteiger partial charge in [-0.05, 0) is 24.0 Å². The van der Waals surface area contributed by atoms with Gasteiger partial charge >= 0.3 is 5.97 Å². The predicted octanol–water partition coefficient (Wildman–Crippen LogP) is 3.89. The lowest BCUT2D eigenvalue weighted by Crippen LogP contribution is -2.23. The minimum absolute atomic E-state index is 0.123. The van der Waals surface area contributed by atoms with Crippen LogP contribution in [-0.4, -0.2) is 17.6 Å². The Morgan fingerprint density at radius 1 is 1.47 bits per heavy atom. The van der Waals surface area contributed by atoms with E-state index in [0.29, 0.717) is 12.2 Å². The van der Waals surface area contributed by atoms with E-state index in [0.717, 1.165) is 6.42 Å². The zero-order chi connectivity index (χ0) is 13.1. The fourth-order valence-electron chi connectivity index (χ4n) is 1.35. The first-order valence-corrected chi connectivity index (χ1v) is 6.01. The molecule has 0 amide bonds. The maximum absolute atomic E-state index is 11.1. The van der Waals surface area contributed by atoms with Gasteiger partial charge in [0.05, 0.1) is 10.7 Å². The maximum atomic E-state index is 11.1. The van der Waals surface area contributed by atoms with Crippen molar-refractivity contribution in [2.75, 3.05) is 11.9 Å². The first kappa shape index (κ1) is 13.8. The molecule has 0 radical (unpaired) electrons. The van der Waals surface area contributed by atoms with Gasteiger partial charge in [0, 0.05) is 6.54 Å². The van der Waals surface area contributed by atoms with E-state index in [-0.39, 0.29) is 16.0 Å². The normalized spacial score (nSPS) is 11.3. The molecule has 4 heteroatoms. The van der Waals surface area contributed by atoms with Crippen LogP contribution < -0.4 is 5.32 Å². The quantitative estimate of drug-likeness (QED) is 0.839. The molecule has 0 aliphatic rings. The number of carbonyl (C=O) groups is 1. The zero-order valence-electron chi connectivity index (χ0n) is 10.4. The largest absolute Gasteiger partial charge is 0.478 e. The highest BCUT2D eigenvalue weighted by Gasteiger charge is 2.18. The molecule has 0 unspecified atom stereocenters. The van der Waals surface area contributed by atoms with Gasteiger partial charge in [-0.1, -0.05) is 38.4 Å². The molecule has 0 atom stereocenters. The summed E-state index contributed by atoms with van der Waals surface area (Å²) in [7, 11) is 0. The zero-order valence-corrected chi connectivity index (χ0v) is 11.1. The van der Waals surface area contributed by atoms with Crippen molar-refractivity contribution in [2.45, 2.75) is 27.2 Å². The Kier molecular flexibility index (Phi) is 4.40. The molecular formula is C13H18ClNO2. The van der Waals surface area contributed by atoms with Crippen molar-refractivity contribution >= 4 is 23.3 Å². The minimum atomic E-state index is -1.01. The standard InChI is InChI=1S/C13H18ClNO2/c1-4-13(2,3)8-15-10-7-5-6-9(14)11(10)12(16)17/h5-7,15H,4,8H2,1-3H3,(H,16,17). The second-order valence-electron chi connectivity index (χ2n) is 4.84. The molecule has 0 saturated heterocycles. The molecular weight excluding hydrogens is 238 g/mol. The number of anilines is 1. The van der Waals surface area contributed by atoms with E-state index in [1.54, 1.807) is 18.2 Å². The molecule has 94 valence electrons. The molecule has 0 saturated carbocycles. The Morgan fingerprint density at radius 3 is 2.65 bits per heavy atom. The summed E-state index contributed by atoms with van der Waals surface area (Å²) in [5.41, 5.74) is 0.838. The molecule has 1 rings (SSSR count). The first-order chi connectivity index (χ1) is 7.87. The fraction of sp³-hybridized carbons (Fsp3) is 0.462. The highest BCUT2D eigenvalue weighted by atomic mass is 35.5. The van der Waals surface area contributed by atoms with Crippen LogP contribution in [-0.2, 0) is 0 Å². The molecule has 17 heavy (non-hydrogen) atoms. The summed E-state index contributed by atoms with van der Waals surface area (Å²) in [4.78, 5) is 11.1.